The highest BCUT2D eigenvalue weighted by atomic mass is 16.5. The van der Waals surface area contributed by atoms with Crippen LogP contribution in [0.15, 0.2) is 54.6 Å². The van der Waals surface area contributed by atoms with Gasteiger partial charge in [-0.15, -0.1) is 0 Å². The molecule has 0 saturated carbocycles. The highest BCUT2D eigenvalue weighted by Crippen LogP contribution is 2.17. The molecular weight excluding hydrogens is 294 g/mol. The van der Waals surface area contributed by atoms with E-state index in [1.165, 1.54) is 14.2 Å². The maximum atomic E-state index is 12.4. The van der Waals surface area contributed by atoms with Gasteiger partial charge in [0.15, 0.2) is 0 Å². The van der Waals surface area contributed by atoms with E-state index in [-0.39, 0.29) is 5.91 Å². The van der Waals surface area contributed by atoms with Gasteiger partial charge in [-0.1, -0.05) is 42.5 Å². The Morgan fingerprint density at radius 3 is 2.30 bits per heavy atom. The Kier molecular flexibility index (Phi) is 5.74. The maximum absolute atomic E-state index is 12.4. The fourth-order valence-corrected chi connectivity index (χ4v) is 2.25. The molecule has 1 N–H and O–H groups in total. The van der Waals surface area contributed by atoms with E-state index < -0.39 is 12.0 Å². The number of carbonyl (C=O) groups excluding carboxylic acids is 2. The van der Waals surface area contributed by atoms with Crippen molar-refractivity contribution in [2.24, 2.45) is 0 Å². The third-order valence-electron chi connectivity index (χ3n) is 3.43. The molecule has 120 valence electrons. The molecule has 0 aromatic heterocycles. The van der Waals surface area contributed by atoms with Crippen LogP contribution in [0.5, 0.6) is 5.75 Å². The second kappa shape index (κ2) is 7.98. The van der Waals surface area contributed by atoms with Gasteiger partial charge in [0.05, 0.1) is 19.8 Å². The Bertz CT molecular complexity index is 670. The molecule has 0 aliphatic rings. The molecule has 0 aliphatic heterocycles. The lowest BCUT2D eigenvalue weighted by Crippen LogP contribution is -2.43. The Hall–Kier alpha value is -2.82. The normalized spacial score (nSPS) is 11.4. The molecule has 5 nitrogen and oxygen atoms in total. The van der Waals surface area contributed by atoms with Crippen LogP contribution in [0.2, 0.25) is 0 Å². The zero-order chi connectivity index (χ0) is 16.7. The van der Waals surface area contributed by atoms with Crippen LogP contribution < -0.4 is 10.1 Å². The molecule has 2 aromatic carbocycles. The monoisotopic (exact) mass is 313 g/mol. The first-order chi connectivity index (χ1) is 11.2. The van der Waals surface area contributed by atoms with Gasteiger partial charge in [0.1, 0.15) is 11.8 Å². The third-order valence-corrected chi connectivity index (χ3v) is 3.43. The van der Waals surface area contributed by atoms with E-state index in [0.717, 1.165) is 5.56 Å². The Morgan fingerprint density at radius 2 is 1.65 bits per heavy atom. The molecule has 0 radical (unpaired) electrons. The molecule has 0 saturated heterocycles. The van der Waals surface area contributed by atoms with Gasteiger partial charge in [-0.2, -0.15) is 0 Å². The van der Waals surface area contributed by atoms with Crippen LogP contribution in [0.1, 0.15) is 15.9 Å². The number of carbonyl (C=O) groups is 2. The van der Waals surface area contributed by atoms with Crippen molar-refractivity contribution in [1.29, 1.82) is 0 Å². The number of rotatable bonds is 6. The summed E-state index contributed by atoms with van der Waals surface area (Å²) in [5, 5.41) is 2.71. The lowest BCUT2D eigenvalue weighted by Gasteiger charge is -2.17. The SMILES string of the molecule is COC(=O)[C@@H](Cc1ccccc1)NC(=O)c1ccccc1OC. The quantitative estimate of drug-likeness (QED) is 0.831. The van der Waals surface area contributed by atoms with Crippen molar-refractivity contribution in [1.82, 2.24) is 5.32 Å². The minimum Gasteiger partial charge on any atom is -0.496 e. The number of methoxy groups -OCH3 is 2. The number of esters is 1. The van der Waals surface area contributed by atoms with Crippen molar-refractivity contribution in [2.75, 3.05) is 14.2 Å². The minimum absolute atomic E-state index is 0.356. The van der Waals surface area contributed by atoms with Crippen LogP contribution in [0.4, 0.5) is 0 Å². The van der Waals surface area contributed by atoms with Crippen molar-refractivity contribution in [2.45, 2.75) is 12.5 Å². The average Bonchev–Trinajstić information content (AvgIpc) is 2.61. The molecule has 0 fully saturated rings. The lowest BCUT2D eigenvalue weighted by molar-refractivity contribution is -0.142. The largest absolute Gasteiger partial charge is 0.496 e. The van der Waals surface area contributed by atoms with Crippen LogP contribution in [0.3, 0.4) is 0 Å². The smallest absolute Gasteiger partial charge is 0.328 e. The predicted octanol–water partition coefficient (Wildman–Crippen LogP) is 2.21. The second-order valence-electron chi connectivity index (χ2n) is 4.94. The van der Waals surface area contributed by atoms with Gasteiger partial charge in [0.2, 0.25) is 0 Å². The second-order valence-corrected chi connectivity index (χ2v) is 4.94. The molecule has 1 amide bonds. The summed E-state index contributed by atoms with van der Waals surface area (Å²) >= 11 is 0. The summed E-state index contributed by atoms with van der Waals surface area (Å²) in [5.41, 5.74) is 1.31. The molecule has 0 spiro atoms. The Labute approximate surface area is 135 Å². The Morgan fingerprint density at radius 1 is 1.00 bits per heavy atom. The van der Waals surface area contributed by atoms with E-state index in [1.807, 2.05) is 30.3 Å². The van der Waals surface area contributed by atoms with E-state index in [1.54, 1.807) is 24.3 Å². The van der Waals surface area contributed by atoms with E-state index >= 15 is 0 Å². The van der Waals surface area contributed by atoms with Gasteiger partial charge in [0.25, 0.3) is 5.91 Å². The van der Waals surface area contributed by atoms with E-state index in [4.69, 9.17) is 9.47 Å². The summed E-state index contributed by atoms with van der Waals surface area (Å²) in [7, 11) is 2.80. The molecule has 2 aromatic rings. The molecule has 23 heavy (non-hydrogen) atoms. The lowest BCUT2D eigenvalue weighted by atomic mass is 10.1. The van der Waals surface area contributed by atoms with E-state index in [2.05, 4.69) is 5.32 Å². The van der Waals surface area contributed by atoms with Crippen molar-refractivity contribution < 1.29 is 19.1 Å². The molecule has 0 heterocycles. The topological polar surface area (TPSA) is 64.6 Å². The predicted molar refractivity (Wildman–Crippen MR) is 86.4 cm³/mol. The number of hydrogen-bond donors (Lipinski definition) is 1. The molecule has 0 aliphatic carbocycles. The van der Waals surface area contributed by atoms with Crippen LogP contribution in [0, 0.1) is 0 Å². The number of ether oxygens (including phenoxy) is 2. The summed E-state index contributed by atoms with van der Waals surface area (Å²) in [5.74, 6) is -0.417. The summed E-state index contributed by atoms with van der Waals surface area (Å²) in [6.07, 6.45) is 0.356. The summed E-state index contributed by atoms with van der Waals surface area (Å²) in [4.78, 5) is 24.4. The van der Waals surface area contributed by atoms with Crippen LogP contribution in [-0.4, -0.2) is 32.1 Å². The third kappa shape index (κ3) is 4.32. The van der Waals surface area contributed by atoms with E-state index in [0.29, 0.717) is 17.7 Å². The molecule has 5 heteroatoms. The zero-order valence-electron chi connectivity index (χ0n) is 13.1. The first-order valence-corrected chi connectivity index (χ1v) is 7.21. The summed E-state index contributed by atoms with van der Waals surface area (Å²) in [6, 6.07) is 15.5. The molecule has 0 bridgehead atoms. The van der Waals surface area contributed by atoms with Crippen molar-refractivity contribution in [3.63, 3.8) is 0 Å². The van der Waals surface area contributed by atoms with Gasteiger partial charge in [-0.3, -0.25) is 4.79 Å². The highest BCUT2D eigenvalue weighted by molar-refractivity contribution is 5.99. The number of benzene rings is 2. The summed E-state index contributed by atoms with van der Waals surface area (Å²) < 4.78 is 9.97. The first-order valence-electron chi connectivity index (χ1n) is 7.21. The van der Waals surface area contributed by atoms with Gasteiger partial charge in [0, 0.05) is 6.42 Å². The van der Waals surface area contributed by atoms with Gasteiger partial charge in [-0.25, -0.2) is 4.79 Å². The molecular formula is C18H19NO4. The van der Waals surface area contributed by atoms with Crippen LogP contribution in [0.25, 0.3) is 0 Å². The molecule has 1 atom stereocenters. The van der Waals surface area contributed by atoms with Crippen LogP contribution in [-0.2, 0) is 16.0 Å². The summed E-state index contributed by atoms with van der Waals surface area (Å²) in [6.45, 7) is 0. The van der Waals surface area contributed by atoms with Gasteiger partial charge < -0.3 is 14.8 Å². The highest BCUT2D eigenvalue weighted by Gasteiger charge is 2.23. The van der Waals surface area contributed by atoms with Crippen LogP contribution >= 0.6 is 0 Å². The number of amides is 1. The standard InChI is InChI=1S/C18H19NO4/c1-22-16-11-7-6-10-14(16)17(20)19-15(18(21)23-2)12-13-8-4-3-5-9-13/h3-11,15H,12H2,1-2H3,(H,19,20)/t15-/m1/s1. The number of nitrogens with one attached hydrogen (secondary N) is 1. The molecule has 0 unspecified atom stereocenters. The fraction of sp³-hybridized carbons (Fsp3) is 0.222. The van der Waals surface area contributed by atoms with Crippen molar-refractivity contribution in [3.8, 4) is 5.75 Å². The van der Waals surface area contributed by atoms with Crippen molar-refractivity contribution >= 4 is 11.9 Å². The minimum atomic E-state index is -0.764. The van der Waals surface area contributed by atoms with Crippen molar-refractivity contribution in [3.05, 3.63) is 65.7 Å². The van der Waals surface area contributed by atoms with Gasteiger partial charge in [-0.05, 0) is 17.7 Å². The zero-order valence-corrected chi connectivity index (χ0v) is 13.1. The van der Waals surface area contributed by atoms with E-state index in [9.17, 15) is 9.59 Å². The molecule has 2 rings (SSSR count). The Balaban J connectivity index is 2.17. The first kappa shape index (κ1) is 16.5. The maximum Gasteiger partial charge on any atom is 0.328 e. The fourth-order valence-electron chi connectivity index (χ4n) is 2.25. The average molecular weight is 313 g/mol. The number of para-hydroxylation sites is 1. The van der Waals surface area contributed by atoms with Gasteiger partial charge >= 0.3 is 5.97 Å². The number of hydrogen-bond acceptors (Lipinski definition) is 4.